The van der Waals surface area contributed by atoms with Crippen LogP contribution in [0.1, 0.15) is 17.7 Å². The number of hydrogen-bond acceptors (Lipinski definition) is 6. The molecule has 1 aliphatic heterocycles. The fraction of sp³-hybridized carbons (Fsp3) is 0.167. The van der Waals surface area contributed by atoms with Crippen LogP contribution >= 0.6 is 34.7 Å². The van der Waals surface area contributed by atoms with Gasteiger partial charge in [0, 0.05) is 15.5 Å². The zero-order chi connectivity index (χ0) is 21.9. The summed E-state index contributed by atoms with van der Waals surface area (Å²) in [5.74, 6) is 7.01. The van der Waals surface area contributed by atoms with Crippen molar-refractivity contribution in [3.05, 3.63) is 70.6 Å². The minimum Gasteiger partial charge on any atom is -0.340 e. The molecule has 4 aromatic rings. The number of aromatic nitrogens is 2. The molecule has 1 fully saturated rings. The highest BCUT2D eigenvalue weighted by Gasteiger charge is 2.12. The van der Waals surface area contributed by atoms with Crippen LogP contribution in [0, 0.1) is 17.7 Å². The lowest BCUT2D eigenvalue weighted by Crippen LogP contribution is -2.18. The Balaban J connectivity index is 1.36. The highest BCUT2D eigenvalue weighted by Crippen LogP contribution is 2.36. The van der Waals surface area contributed by atoms with E-state index >= 15 is 0 Å². The summed E-state index contributed by atoms with van der Waals surface area (Å²) in [5, 5.41) is 8.24. The van der Waals surface area contributed by atoms with Gasteiger partial charge in [-0.3, -0.25) is 0 Å². The first-order valence-corrected chi connectivity index (χ1v) is 12.1. The normalized spacial score (nSPS) is 15.5. The third-order valence-electron chi connectivity index (χ3n) is 4.98. The molecule has 0 spiro atoms. The van der Waals surface area contributed by atoms with Crippen LogP contribution in [0.25, 0.3) is 10.2 Å². The summed E-state index contributed by atoms with van der Waals surface area (Å²) in [6, 6.07) is 14.4. The van der Waals surface area contributed by atoms with E-state index in [2.05, 4.69) is 32.4 Å². The number of fused-ring (bicyclic) bond motifs is 1. The van der Waals surface area contributed by atoms with Crippen LogP contribution in [0.5, 0.6) is 0 Å². The van der Waals surface area contributed by atoms with E-state index in [1.807, 2.05) is 30.3 Å². The Kier molecular flexibility index (Phi) is 6.28. The van der Waals surface area contributed by atoms with Gasteiger partial charge in [-0.15, -0.1) is 11.3 Å². The highest BCUT2D eigenvalue weighted by atomic mass is 35.5. The molecule has 5 rings (SSSR count). The van der Waals surface area contributed by atoms with Crippen molar-refractivity contribution in [1.29, 1.82) is 0 Å². The summed E-state index contributed by atoms with van der Waals surface area (Å²) in [4.78, 5) is 12.3. The van der Waals surface area contributed by atoms with Gasteiger partial charge in [-0.2, -0.15) is 0 Å². The first-order valence-electron chi connectivity index (χ1n) is 10.1. The molecule has 0 aliphatic carbocycles. The summed E-state index contributed by atoms with van der Waals surface area (Å²) in [6.45, 7) is 1.04. The summed E-state index contributed by atoms with van der Waals surface area (Å²) >= 11 is 9.48. The van der Waals surface area contributed by atoms with Crippen molar-refractivity contribution < 1.29 is 4.39 Å². The van der Waals surface area contributed by atoms with Crippen LogP contribution in [-0.2, 0) is 0 Å². The molecule has 1 aliphatic rings. The fourth-order valence-electron chi connectivity index (χ4n) is 3.44. The molecule has 32 heavy (non-hydrogen) atoms. The second-order valence-electron chi connectivity index (χ2n) is 7.30. The van der Waals surface area contributed by atoms with Gasteiger partial charge >= 0.3 is 0 Å². The van der Waals surface area contributed by atoms with Crippen LogP contribution in [0.3, 0.4) is 0 Å². The maximum absolute atomic E-state index is 13.5. The zero-order valence-electron chi connectivity index (χ0n) is 16.9. The van der Waals surface area contributed by atoms with Gasteiger partial charge in [-0.1, -0.05) is 41.3 Å². The van der Waals surface area contributed by atoms with Crippen molar-refractivity contribution in [1.82, 2.24) is 15.3 Å². The molecule has 0 saturated carbocycles. The minimum absolute atomic E-state index is 0.267. The Hall–Kier alpha value is -2.63. The molecule has 160 valence electrons. The monoisotopic (exact) mass is 480 g/mol. The number of thiophene rings is 1. The van der Waals surface area contributed by atoms with Crippen molar-refractivity contribution in [2.75, 3.05) is 11.9 Å². The zero-order valence-corrected chi connectivity index (χ0v) is 19.3. The molecule has 1 saturated heterocycles. The number of nitrogens with zero attached hydrogens (tertiary/aromatic N) is 2. The maximum Gasteiger partial charge on any atom is 0.142 e. The first-order chi connectivity index (χ1) is 15.6. The molecule has 2 N–H and O–H groups in total. The van der Waals surface area contributed by atoms with Gasteiger partial charge in [0.25, 0.3) is 0 Å². The van der Waals surface area contributed by atoms with E-state index in [-0.39, 0.29) is 11.9 Å². The Morgan fingerprint density at radius 1 is 1.19 bits per heavy atom. The van der Waals surface area contributed by atoms with Crippen LogP contribution in [-0.4, -0.2) is 22.6 Å². The van der Waals surface area contributed by atoms with Gasteiger partial charge in [-0.25, -0.2) is 14.4 Å². The van der Waals surface area contributed by atoms with Crippen molar-refractivity contribution in [2.24, 2.45) is 0 Å². The van der Waals surface area contributed by atoms with Gasteiger partial charge in [0.15, 0.2) is 0 Å². The van der Waals surface area contributed by atoms with Gasteiger partial charge in [-0.05, 0) is 61.9 Å². The molecular weight excluding hydrogens is 463 g/mol. The van der Waals surface area contributed by atoms with E-state index in [0.29, 0.717) is 10.8 Å². The highest BCUT2D eigenvalue weighted by molar-refractivity contribution is 7.99. The predicted molar refractivity (Wildman–Crippen MR) is 131 cm³/mol. The Labute approximate surface area is 198 Å². The van der Waals surface area contributed by atoms with Gasteiger partial charge in [0.1, 0.15) is 22.8 Å². The molecule has 0 radical (unpaired) electrons. The van der Waals surface area contributed by atoms with Gasteiger partial charge in [0.2, 0.25) is 0 Å². The van der Waals surface area contributed by atoms with Crippen molar-refractivity contribution in [3.63, 3.8) is 0 Å². The second kappa shape index (κ2) is 9.47. The average Bonchev–Trinajstić information content (AvgIpc) is 3.44. The summed E-state index contributed by atoms with van der Waals surface area (Å²) in [7, 11) is 0. The largest absolute Gasteiger partial charge is 0.340 e. The number of nitrogens with one attached hydrogen (secondary N) is 2. The standard InChI is InChI=1S/C24H18ClFN4S2/c25-21-12-17(7-9-22(21)31-18-5-1-3-15(26)11-18)30-23-20-13-19(32-24(20)29-14-28-23)8-6-16-4-2-10-27-16/h1,3,5,7,9,11-14,16,27H,2,4,10H2,(H,28,29,30)/t16-/m1/s1. The quantitative estimate of drug-likeness (QED) is 0.327. The van der Waals surface area contributed by atoms with Crippen molar-refractivity contribution in [2.45, 2.75) is 28.7 Å². The topological polar surface area (TPSA) is 49.8 Å². The van der Waals surface area contributed by atoms with E-state index in [9.17, 15) is 4.39 Å². The van der Waals surface area contributed by atoms with Crippen molar-refractivity contribution >= 4 is 56.4 Å². The lowest BCUT2D eigenvalue weighted by Gasteiger charge is -2.09. The van der Waals surface area contributed by atoms with Gasteiger partial charge < -0.3 is 10.6 Å². The smallest absolute Gasteiger partial charge is 0.142 e. The van der Waals surface area contributed by atoms with E-state index in [4.69, 9.17) is 11.6 Å². The van der Waals surface area contributed by atoms with Crippen LogP contribution in [0.15, 0.2) is 64.6 Å². The minimum atomic E-state index is -0.267. The maximum atomic E-state index is 13.5. The number of rotatable bonds is 4. The SMILES string of the molecule is Fc1cccc(Sc2ccc(Nc3ncnc4sc(C#C[C@H]5CCCN5)cc34)cc2Cl)c1. The third kappa shape index (κ3) is 4.89. The molecule has 3 heterocycles. The molecule has 2 aromatic carbocycles. The Morgan fingerprint density at radius 3 is 2.94 bits per heavy atom. The van der Waals surface area contributed by atoms with Gasteiger partial charge in [0.05, 0.1) is 21.3 Å². The van der Waals surface area contributed by atoms with Crippen LogP contribution in [0.2, 0.25) is 5.02 Å². The fourth-order valence-corrected chi connectivity index (χ4v) is 5.46. The summed E-state index contributed by atoms with van der Waals surface area (Å²) in [5.41, 5.74) is 0.813. The van der Waals surface area contributed by atoms with E-state index in [0.717, 1.165) is 43.5 Å². The van der Waals surface area contributed by atoms with Crippen LogP contribution < -0.4 is 10.6 Å². The second-order valence-corrected chi connectivity index (χ2v) is 9.85. The molecule has 0 bridgehead atoms. The number of benzene rings is 2. The van der Waals surface area contributed by atoms with Crippen LogP contribution in [0.4, 0.5) is 15.9 Å². The molecular formula is C24H18ClFN4S2. The van der Waals surface area contributed by atoms with Crippen molar-refractivity contribution in [3.8, 4) is 11.8 Å². The first kappa shape index (κ1) is 21.2. The molecule has 2 aromatic heterocycles. The summed E-state index contributed by atoms with van der Waals surface area (Å²) in [6.07, 6.45) is 3.82. The molecule has 8 heteroatoms. The Bertz CT molecular complexity index is 1340. The number of halogens is 2. The third-order valence-corrected chi connectivity index (χ3v) is 7.43. The molecule has 0 unspecified atom stereocenters. The van der Waals surface area contributed by atoms with E-state index in [1.54, 1.807) is 23.7 Å². The number of hydrogen-bond donors (Lipinski definition) is 2. The predicted octanol–water partition coefficient (Wildman–Crippen LogP) is 6.48. The molecule has 0 amide bonds. The lowest BCUT2D eigenvalue weighted by atomic mass is 10.2. The Morgan fingerprint density at radius 2 is 2.12 bits per heavy atom. The van der Waals surface area contributed by atoms with E-state index in [1.165, 1.54) is 30.3 Å². The van der Waals surface area contributed by atoms with E-state index < -0.39 is 0 Å². The molecule has 1 atom stereocenters. The lowest BCUT2D eigenvalue weighted by molar-refractivity contribution is 0.624. The summed E-state index contributed by atoms with van der Waals surface area (Å²) < 4.78 is 13.5. The number of anilines is 2. The average molecular weight is 481 g/mol. The molecule has 4 nitrogen and oxygen atoms in total.